The third-order valence-corrected chi connectivity index (χ3v) is 3.68. The lowest BCUT2D eigenvalue weighted by atomic mass is 10.1. The second kappa shape index (κ2) is 6.46. The van der Waals surface area contributed by atoms with E-state index in [9.17, 15) is 0 Å². The van der Waals surface area contributed by atoms with Crippen molar-refractivity contribution in [2.75, 3.05) is 0 Å². The molecule has 0 aliphatic carbocycles. The normalized spacial score (nSPS) is 11.1. The highest BCUT2D eigenvalue weighted by atomic mass is 79.9. The molecule has 0 fully saturated rings. The molecule has 1 N–H and O–H groups in total. The van der Waals surface area contributed by atoms with Crippen LogP contribution in [0.3, 0.4) is 0 Å². The highest BCUT2D eigenvalue weighted by Crippen LogP contribution is 2.22. The van der Waals surface area contributed by atoms with E-state index in [1.165, 1.54) is 5.56 Å². The van der Waals surface area contributed by atoms with Crippen molar-refractivity contribution < 1.29 is 0 Å². The van der Waals surface area contributed by atoms with Crippen molar-refractivity contribution in [2.45, 2.75) is 40.3 Å². The molecule has 3 nitrogen and oxygen atoms in total. The van der Waals surface area contributed by atoms with Gasteiger partial charge in [0.2, 0.25) is 0 Å². The van der Waals surface area contributed by atoms with E-state index in [2.05, 4.69) is 45.1 Å². The average molecular weight is 334 g/mol. The lowest BCUT2D eigenvalue weighted by Gasteiger charge is -2.13. The van der Waals surface area contributed by atoms with Crippen LogP contribution < -0.4 is 5.32 Å². The Morgan fingerprint density at radius 1 is 1.15 bits per heavy atom. The molecule has 1 aromatic heterocycles. The van der Waals surface area contributed by atoms with E-state index in [1.807, 2.05) is 38.1 Å². The molecule has 0 bridgehead atoms. The highest BCUT2D eigenvalue weighted by Gasteiger charge is 2.10. The summed E-state index contributed by atoms with van der Waals surface area (Å²) in [5.41, 5.74) is 4.31. The van der Waals surface area contributed by atoms with Crippen molar-refractivity contribution in [3.8, 4) is 11.4 Å². The summed E-state index contributed by atoms with van der Waals surface area (Å²) in [5.74, 6) is 0.787. The van der Waals surface area contributed by atoms with Crippen molar-refractivity contribution in [3.05, 3.63) is 45.7 Å². The third kappa shape index (κ3) is 3.64. The van der Waals surface area contributed by atoms with E-state index in [4.69, 9.17) is 0 Å². The molecule has 0 amide bonds. The first-order valence-electron chi connectivity index (χ1n) is 6.81. The van der Waals surface area contributed by atoms with Gasteiger partial charge in [-0.15, -0.1) is 0 Å². The van der Waals surface area contributed by atoms with Crippen LogP contribution in [0.2, 0.25) is 0 Å². The monoisotopic (exact) mass is 333 g/mol. The summed E-state index contributed by atoms with van der Waals surface area (Å²) in [5, 5.41) is 3.42. The van der Waals surface area contributed by atoms with Crippen molar-refractivity contribution in [2.24, 2.45) is 0 Å². The van der Waals surface area contributed by atoms with Gasteiger partial charge in [0.15, 0.2) is 5.82 Å². The molecular weight excluding hydrogens is 314 g/mol. The fourth-order valence-electron chi connectivity index (χ4n) is 2.06. The lowest BCUT2D eigenvalue weighted by Crippen LogP contribution is -2.23. The van der Waals surface area contributed by atoms with Crippen LogP contribution in [0.25, 0.3) is 11.4 Å². The maximum atomic E-state index is 4.65. The number of nitrogens with one attached hydrogen (secondary N) is 1. The Balaban J connectivity index is 2.35. The Labute approximate surface area is 129 Å². The number of halogens is 1. The second-order valence-electron chi connectivity index (χ2n) is 5.24. The van der Waals surface area contributed by atoms with Gasteiger partial charge in [0.05, 0.1) is 0 Å². The zero-order valence-electron chi connectivity index (χ0n) is 12.4. The number of rotatable bonds is 4. The number of aryl methyl sites for hydroxylation is 2. The first kappa shape index (κ1) is 15.1. The van der Waals surface area contributed by atoms with E-state index in [1.54, 1.807) is 0 Å². The zero-order valence-corrected chi connectivity index (χ0v) is 14.0. The quantitative estimate of drug-likeness (QED) is 0.918. The predicted molar refractivity (Wildman–Crippen MR) is 86.6 cm³/mol. The number of hydrogen-bond donors (Lipinski definition) is 1. The number of hydrogen-bond acceptors (Lipinski definition) is 3. The SMILES string of the molecule is Cc1nc(-c2cccc(Br)c2)nc(C)c1CNC(C)C. The van der Waals surface area contributed by atoms with E-state index < -0.39 is 0 Å². The minimum Gasteiger partial charge on any atom is -0.310 e. The summed E-state index contributed by atoms with van der Waals surface area (Å²) < 4.78 is 1.04. The fourth-order valence-corrected chi connectivity index (χ4v) is 2.46. The summed E-state index contributed by atoms with van der Waals surface area (Å²) in [6, 6.07) is 8.54. The molecule has 2 rings (SSSR count). The van der Waals surface area contributed by atoms with Crippen LogP contribution in [0.1, 0.15) is 30.8 Å². The van der Waals surface area contributed by atoms with Crippen LogP contribution >= 0.6 is 15.9 Å². The van der Waals surface area contributed by atoms with E-state index >= 15 is 0 Å². The Kier molecular flexibility index (Phi) is 4.89. The standard InChI is InChI=1S/C16H20BrN3/c1-10(2)18-9-15-11(3)19-16(20-12(15)4)13-6-5-7-14(17)8-13/h5-8,10,18H,9H2,1-4H3. The molecule has 0 aliphatic rings. The summed E-state index contributed by atoms with van der Waals surface area (Å²) in [6.07, 6.45) is 0. The largest absolute Gasteiger partial charge is 0.310 e. The van der Waals surface area contributed by atoms with Gasteiger partial charge in [0.25, 0.3) is 0 Å². The lowest BCUT2D eigenvalue weighted by molar-refractivity contribution is 0.583. The maximum absolute atomic E-state index is 4.65. The van der Waals surface area contributed by atoms with Gasteiger partial charge in [-0.05, 0) is 26.0 Å². The fraction of sp³-hybridized carbons (Fsp3) is 0.375. The van der Waals surface area contributed by atoms with Crippen molar-refractivity contribution in [3.63, 3.8) is 0 Å². The Morgan fingerprint density at radius 3 is 2.35 bits per heavy atom. The van der Waals surface area contributed by atoms with Gasteiger partial charge >= 0.3 is 0 Å². The van der Waals surface area contributed by atoms with Gasteiger partial charge in [0, 0.05) is 39.6 Å². The van der Waals surface area contributed by atoms with E-state index in [0.717, 1.165) is 33.8 Å². The molecule has 0 atom stereocenters. The predicted octanol–water partition coefficient (Wildman–Crippen LogP) is 4.02. The molecule has 106 valence electrons. The van der Waals surface area contributed by atoms with Gasteiger partial charge in [-0.1, -0.05) is 41.9 Å². The van der Waals surface area contributed by atoms with Gasteiger partial charge in [-0.2, -0.15) is 0 Å². The molecule has 0 aliphatic heterocycles. The molecule has 20 heavy (non-hydrogen) atoms. The van der Waals surface area contributed by atoms with Crippen LogP contribution in [-0.4, -0.2) is 16.0 Å². The first-order valence-corrected chi connectivity index (χ1v) is 7.60. The number of aromatic nitrogens is 2. The van der Waals surface area contributed by atoms with Crippen molar-refractivity contribution in [1.82, 2.24) is 15.3 Å². The molecule has 2 aromatic rings. The van der Waals surface area contributed by atoms with Crippen LogP contribution in [0.5, 0.6) is 0 Å². The van der Waals surface area contributed by atoms with E-state index in [-0.39, 0.29) is 0 Å². The maximum Gasteiger partial charge on any atom is 0.159 e. The van der Waals surface area contributed by atoms with Crippen LogP contribution in [-0.2, 0) is 6.54 Å². The molecule has 0 unspecified atom stereocenters. The van der Waals surface area contributed by atoms with Crippen molar-refractivity contribution >= 4 is 15.9 Å². The molecule has 1 aromatic carbocycles. The van der Waals surface area contributed by atoms with Crippen LogP contribution in [0.15, 0.2) is 28.7 Å². The smallest absolute Gasteiger partial charge is 0.159 e. The van der Waals surface area contributed by atoms with Gasteiger partial charge in [0.1, 0.15) is 0 Å². The molecule has 0 spiro atoms. The number of benzene rings is 1. The molecule has 0 saturated carbocycles. The molecule has 4 heteroatoms. The second-order valence-corrected chi connectivity index (χ2v) is 6.16. The first-order chi connectivity index (χ1) is 9.47. The summed E-state index contributed by atoms with van der Waals surface area (Å²) >= 11 is 3.49. The zero-order chi connectivity index (χ0) is 14.7. The van der Waals surface area contributed by atoms with Crippen LogP contribution in [0, 0.1) is 13.8 Å². The molecule has 1 heterocycles. The van der Waals surface area contributed by atoms with Gasteiger partial charge < -0.3 is 5.32 Å². The number of nitrogens with zero attached hydrogens (tertiary/aromatic N) is 2. The molecule has 0 saturated heterocycles. The van der Waals surface area contributed by atoms with Crippen molar-refractivity contribution in [1.29, 1.82) is 0 Å². The third-order valence-electron chi connectivity index (χ3n) is 3.19. The summed E-state index contributed by atoms with van der Waals surface area (Å²) in [4.78, 5) is 9.30. The van der Waals surface area contributed by atoms with Crippen LogP contribution in [0.4, 0.5) is 0 Å². The Bertz CT molecular complexity index is 585. The minimum absolute atomic E-state index is 0.457. The summed E-state index contributed by atoms with van der Waals surface area (Å²) in [7, 11) is 0. The Morgan fingerprint density at radius 2 is 1.80 bits per heavy atom. The molecule has 0 radical (unpaired) electrons. The van der Waals surface area contributed by atoms with Gasteiger partial charge in [-0.25, -0.2) is 9.97 Å². The molecular formula is C16H20BrN3. The Hall–Kier alpha value is -1.26. The van der Waals surface area contributed by atoms with E-state index in [0.29, 0.717) is 6.04 Å². The highest BCUT2D eigenvalue weighted by molar-refractivity contribution is 9.10. The average Bonchev–Trinajstić information content (AvgIpc) is 2.37. The topological polar surface area (TPSA) is 37.8 Å². The summed E-state index contributed by atoms with van der Waals surface area (Å²) in [6.45, 7) is 9.19. The minimum atomic E-state index is 0.457. The van der Waals surface area contributed by atoms with Gasteiger partial charge in [-0.3, -0.25) is 0 Å².